The summed E-state index contributed by atoms with van der Waals surface area (Å²) in [5.74, 6) is 1.96. The third-order valence-electron chi connectivity index (χ3n) is 5.70. The summed E-state index contributed by atoms with van der Waals surface area (Å²) in [5, 5.41) is 0.359. The first-order valence-corrected chi connectivity index (χ1v) is 15.2. The van der Waals surface area contributed by atoms with E-state index in [2.05, 4.69) is 94.1 Å². The molecule has 0 amide bonds. The zero-order valence-corrected chi connectivity index (χ0v) is 20.7. The molecular formula is C29H26BrO2P. The molecule has 0 atom stereocenters. The molecule has 2 nitrogen and oxygen atoms in total. The van der Waals surface area contributed by atoms with E-state index < -0.39 is 5.31 Å². The van der Waals surface area contributed by atoms with Crippen molar-refractivity contribution < 1.29 is 9.53 Å². The fourth-order valence-electron chi connectivity index (χ4n) is 4.01. The Morgan fingerprint density at radius 1 is 0.667 bits per heavy atom. The van der Waals surface area contributed by atoms with Gasteiger partial charge in [-0.3, -0.25) is 0 Å². The Labute approximate surface area is 203 Å². The predicted octanol–water partition coefficient (Wildman–Crippen LogP) is 6.47. The Hall–Kier alpha value is -3.00. The maximum atomic E-state index is 12.5. The fourth-order valence-corrected chi connectivity index (χ4v) is 10.8. The number of hydrogen-bond acceptors (Lipinski definition) is 2. The summed E-state index contributed by atoms with van der Waals surface area (Å²) in [4.78, 5) is 12.5. The Bertz CT molecular complexity index is 1110. The van der Waals surface area contributed by atoms with Crippen LogP contribution in [0.1, 0.15) is 12.0 Å². The Morgan fingerprint density at radius 2 is 1.06 bits per heavy atom. The van der Waals surface area contributed by atoms with E-state index in [9.17, 15) is 4.79 Å². The number of benzene rings is 4. The molecule has 4 aromatic carbocycles. The Balaban J connectivity index is 1.73. The van der Waals surface area contributed by atoms with Gasteiger partial charge in [0.2, 0.25) is 0 Å². The van der Waals surface area contributed by atoms with Crippen LogP contribution in [0.3, 0.4) is 0 Å². The quantitative estimate of drug-likeness (QED) is 0.198. The number of halogens is 1. The molecule has 4 heteroatoms. The van der Waals surface area contributed by atoms with E-state index in [1.807, 2.05) is 54.6 Å². The molecule has 0 fully saturated rings. The topological polar surface area (TPSA) is 26.3 Å². The number of carbonyl (C=O) groups is 1. The summed E-state index contributed by atoms with van der Waals surface area (Å²) in [6.45, 7) is 0.279. The summed E-state index contributed by atoms with van der Waals surface area (Å²) in [6, 6.07) is 41.1. The van der Waals surface area contributed by atoms with E-state index in [0.717, 1.165) is 5.56 Å². The average Bonchev–Trinajstić information content (AvgIpc) is 2.89. The number of carbonyl (C=O) groups excluding carboxylic acids is 1. The molecule has 0 N–H and O–H groups in total. The molecule has 0 heterocycles. The molecule has 0 aliphatic carbocycles. The van der Waals surface area contributed by atoms with Crippen molar-refractivity contribution in [2.24, 2.45) is 0 Å². The van der Waals surface area contributed by atoms with Crippen molar-refractivity contribution in [1.29, 1.82) is 0 Å². The molecule has 0 unspecified atom stereocenters. The zero-order chi connectivity index (χ0) is 23.0. The molecule has 0 aromatic heterocycles. The fraction of sp³-hybridized carbons (Fsp3) is 0.0690. The number of ether oxygens (including phenoxy) is 1. The molecule has 0 saturated heterocycles. The summed E-state index contributed by atoms with van der Waals surface area (Å²) in [6.07, 6.45) is 2.15. The first-order chi connectivity index (χ1) is 16.1. The molecular weight excluding hydrogens is 491 g/mol. The van der Waals surface area contributed by atoms with Crippen molar-refractivity contribution in [2.45, 2.75) is 13.0 Å². The average molecular weight is 517 g/mol. The van der Waals surface area contributed by atoms with E-state index in [1.165, 1.54) is 15.9 Å². The summed E-state index contributed by atoms with van der Waals surface area (Å²) in [5.41, 5.74) is 0.979. The van der Waals surface area contributed by atoms with Crippen LogP contribution >= 0.6 is 20.8 Å². The standard InChI is InChI=1S/C29H26BrO2P/c30-33(26-16-7-2-8-17-26,27-18-9-3-10-19-27,28-20-11-4-12-21-28)23-13-22-29(31)32-24-25-14-5-1-6-15-25/h1-21,23H,22,24H2. The van der Waals surface area contributed by atoms with Gasteiger partial charge < -0.3 is 0 Å². The molecule has 4 aromatic rings. The molecule has 0 spiro atoms. The van der Waals surface area contributed by atoms with Gasteiger partial charge in [0, 0.05) is 0 Å². The van der Waals surface area contributed by atoms with Crippen molar-refractivity contribution in [2.75, 3.05) is 0 Å². The van der Waals surface area contributed by atoms with Gasteiger partial charge >= 0.3 is 204 Å². The minimum absolute atomic E-state index is 0.197. The van der Waals surface area contributed by atoms with Gasteiger partial charge in [-0.2, -0.15) is 0 Å². The van der Waals surface area contributed by atoms with Crippen LogP contribution in [0.25, 0.3) is 0 Å². The van der Waals surface area contributed by atoms with Crippen molar-refractivity contribution >= 4 is 42.7 Å². The second kappa shape index (κ2) is 10.3. The Kier molecular flexibility index (Phi) is 7.23. The summed E-state index contributed by atoms with van der Waals surface area (Å²) in [7, 11) is 0. The van der Waals surface area contributed by atoms with Crippen LogP contribution in [0.4, 0.5) is 0 Å². The van der Waals surface area contributed by atoms with Crippen LogP contribution in [-0.4, -0.2) is 5.97 Å². The number of hydrogen-bond donors (Lipinski definition) is 0. The number of esters is 1. The van der Waals surface area contributed by atoms with E-state index in [4.69, 9.17) is 4.74 Å². The SMILES string of the molecule is O=C(CC=CP(Br)(c1ccccc1)(c1ccccc1)c1ccccc1)OCc1ccccc1. The molecule has 33 heavy (non-hydrogen) atoms. The van der Waals surface area contributed by atoms with Crippen LogP contribution in [0, 0.1) is 0 Å². The molecule has 0 bridgehead atoms. The van der Waals surface area contributed by atoms with Gasteiger partial charge in [0.25, 0.3) is 0 Å². The van der Waals surface area contributed by atoms with E-state index in [-0.39, 0.29) is 19.0 Å². The second-order valence-electron chi connectivity index (χ2n) is 7.82. The summed E-state index contributed by atoms with van der Waals surface area (Å²) < 4.78 is 5.50. The van der Waals surface area contributed by atoms with Crippen molar-refractivity contribution in [1.82, 2.24) is 0 Å². The van der Waals surface area contributed by atoms with Gasteiger partial charge in [-0.15, -0.1) is 0 Å². The first-order valence-electron chi connectivity index (χ1n) is 10.9. The molecule has 166 valence electrons. The first kappa shape index (κ1) is 23.2. The number of rotatable bonds is 8. The predicted molar refractivity (Wildman–Crippen MR) is 144 cm³/mol. The van der Waals surface area contributed by atoms with Gasteiger partial charge in [-0.05, 0) is 0 Å². The van der Waals surface area contributed by atoms with E-state index in [0.29, 0.717) is 0 Å². The van der Waals surface area contributed by atoms with Crippen LogP contribution in [-0.2, 0) is 16.1 Å². The normalized spacial score (nSPS) is 12.7. The van der Waals surface area contributed by atoms with Crippen molar-refractivity contribution in [3.8, 4) is 0 Å². The molecule has 0 radical (unpaired) electrons. The summed E-state index contributed by atoms with van der Waals surface area (Å²) >= 11 is 4.34. The Morgan fingerprint density at radius 3 is 1.48 bits per heavy atom. The van der Waals surface area contributed by atoms with Crippen molar-refractivity contribution in [3.05, 3.63) is 139 Å². The van der Waals surface area contributed by atoms with Crippen molar-refractivity contribution in [3.63, 3.8) is 0 Å². The molecule has 0 aliphatic rings. The van der Waals surface area contributed by atoms with Gasteiger partial charge in [0.05, 0.1) is 0 Å². The van der Waals surface area contributed by atoms with Crippen LogP contribution in [0.5, 0.6) is 0 Å². The van der Waals surface area contributed by atoms with Gasteiger partial charge in [-0.25, -0.2) is 0 Å². The molecule has 0 aliphatic heterocycles. The second-order valence-corrected chi connectivity index (χ2v) is 16.2. The van der Waals surface area contributed by atoms with Gasteiger partial charge in [-0.1, -0.05) is 0 Å². The maximum absolute atomic E-state index is 12.5. The van der Waals surface area contributed by atoms with Crippen LogP contribution < -0.4 is 15.9 Å². The van der Waals surface area contributed by atoms with E-state index in [1.54, 1.807) is 0 Å². The third kappa shape index (κ3) is 4.85. The monoisotopic (exact) mass is 516 g/mol. The third-order valence-corrected chi connectivity index (χ3v) is 14.8. The molecule has 0 saturated carbocycles. The van der Waals surface area contributed by atoms with Gasteiger partial charge in [0.1, 0.15) is 0 Å². The minimum atomic E-state index is -3.17. The molecule has 4 rings (SSSR count). The van der Waals surface area contributed by atoms with Gasteiger partial charge in [0.15, 0.2) is 0 Å². The van der Waals surface area contributed by atoms with Crippen LogP contribution in [0.2, 0.25) is 0 Å². The van der Waals surface area contributed by atoms with Crippen LogP contribution in [0.15, 0.2) is 133 Å². The zero-order valence-electron chi connectivity index (χ0n) is 18.3. The van der Waals surface area contributed by atoms with E-state index >= 15 is 0 Å².